The number of H-pyrrole nitrogens is 1. The summed E-state index contributed by atoms with van der Waals surface area (Å²) >= 11 is 0. The molecule has 2 aliphatic heterocycles. The number of carbonyl (C=O) groups excluding carboxylic acids is 1. The Labute approximate surface area is 110 Å². The fraction of sp³-hybridized carbons (Fsp3) is 0.667. The fourth-order valence-electron chi connectivity index (χ4n) is 2.47. The Morgan fingerprint density at radius 2 is 2.58 bits per heavy atom. The Morgan fingerprint density at radius 3 is 3.37 bits per heavy atom. The van der Waals surface area contributed by atoms with Gasteiger partial charge in [-0.1, -0.05) is 0 Å². The normalized spacial score (nSPS) is 30.1. The summed E-state index contributed by atoms with van der Waals surface area (Å²) in [5.41, 5.74) is 1.05. The highest BCUT2D eigenvalue weighted by Gasteiger charge is 2.34. The molecule has 1 saturated heterocycles. The number of fused-ring (bicyclic) bond motifs is 1. The lowest BCUT2D eigenvalue weighted by Gasteiger charge is -2.25. The van der Waals surface area contributed by atoms with Gasteiger partial charge >= 0.3 is 0 Å². The van der Waals surface area contributed by atoms with Crippen molar-refractivity contribution in [2.75, 3.05) is 19.8 Å². The SMILES string of the molecule is O=C(NCC1(O)CCOC1)C1Cc2nc[nH]c2CN1. The van der Waals surface area contributed by atoms with Crippen LogP contribution in [0.15, 0.2) is 6.33 Å². The highest BCUT2D eigenvalue weighted by molar-refractivity contribution is 5.82. The Balaban J connectivity index is 1.54. The minimum absolute atomic E-state index is 0.103. The minimum atomic E-state index is -0.915. The summed E-state index contributed by atoms with van der Waals surface area (Å²) < 4.78 is 5.14. The molecule has 0 saturated carbocycles. The van der Waals surface area contributed by atoms with Crippen LogP contribution in [0.1, 0.15) is 17.8 Å². The number of aromatic amines is 1. The van der Waals surface area contributed by atoms with Crippen LogP contribution in [0.4, 0.5) is 0 Å². The van der Waals surface area contributed by atoms with Gasteiger partial charge in [-0.05, 0) is 0 Å². The highest BCUT2D eigenvalue weighted by Crippen LogP contribution is 2.17. The van der Waals surface area contributed by atoms with Gasteiger partial charge in [0.05, 0.1) is 30.4 Å². The van der Waals surface area contributed by atoms with E-state index in [0.29, 0.717) is 26.0 Å². The van der Waals surface area contributed by atoms with Gasteiger partial charge in [0.25, 0.3) is 0 Å². The van der Waals surface area contributed by atoms with Crippen LogP contribution in [0.2, 0.25) is 0 Å². The van der Waals surface area contributed by atoms with Crippen LogP contribution in [0.5, 0.6) is 0 Å². The van der Waals surface area contributed by atoms with Gasteiger partial charge in [-0.25, -0.2) is 4.98 Å². The lowest BCUT2D eigenvalue weighted by atomic mass is 10.0. The Morgan fingerprint density at radius 1 is 1.68 bits per heavy atom. The van der Waals surface area contributed by atoms with E-state index in [1.165, 1.54) is 0 Å². The zero-order valence-corrected chi connectivity index (χ0v) is 10.6. The fourth-order valence-corrected chi connectivity index (χ4v) is 2.47. The number of imidazole rings is 1. The van der Waals surface area contributed by atoms with Crippen molar-refractivity contribution in [2.45, 2.75) is 31.0 Å². The van der Waals surface area contributed by atoms with Gasteiger partial charge in [0.1, 0.15) is 5.60 Å². The predicted molar refractivity (Wildman–Crippen MR) is 66.3 cm³/mol. The van der Waals surface area contributed by atoms with Crippen LogP contribution in [0, 0.1) is 0 Å². The second-order valence-corrected chi connectivity index (χ2v) is 5.21. The van der Waals surface area contributed by atoms with Gasteiger partial charge < -0.3 is 20.1 Å². The standard InChI is InChI=1S/C12H18N4O3/c17-11(14-5-12(18)1-2-19-6-12)9-3-8-10(4-13-9)16-7-15-8/h7,9,13,18H,1-6H2,(H,14,17)(H,15,16). The number of nitrogens with one attached hydrogen (secondary N) is 3. The quantitative estimate of drug-likeness (QED) is 0.544. The van der Waals surface area contributed by atoms with E-state index in [1.54, 1.807) is 6.33 Å². The third kappa shape index (κ3) is 2.63. The first-order valence-corrected chi connectivity index (χ1v) is 6.49. The van der Waals surface area contributed by atoms with Gasteiger partial charge in [-0.15, -0.1) is 0 Å². The first-order valence-electron chi connectivity index (χ1n) is 6.49. The summed E-state index contributed by atoms with van der Waals surface area (Å²) in [5, 5.41) is 16.0. The maximum Gasteiger partial charge on any atom is 0.237 e. The zero-order valence-electron chi connectivity index (χ0n) is 10.6. The molecule has 2 unspecified atom stereocenters. The van der Waals surface area contributed by atoms with Crippen LogP contribution < -0.4 is 10.6 Å². The zero-order chi connectivity index (χ0) is 13.3. The van der Waals surface area contributed by atoms with E-state index in [9.17, 15) is 9.90 Å². The maximum atomic E-state index is 12.1. The summed E-state index contributed by atoms with van der Waals surface area (Å²) in [5.74, 6) is -0.103. The van der Waals surface area contributed by atoms with Crippen molar-refractivity contribution in [1.29, 1.82) is 0 Å². The van der Waals surface area contributed by atoms with E-state index in [1.807, 2.05) is 0 Å². The second kappa shape index (κ2) is 4.92. The average Bonchev–Trinajstić information content (AvgIpc) is 3.04. The summed E-state index contributed by atoms with van der Waals surface area (Å²) in [6.45, 7) is 1.68. The molecule has 1 aromatic rings. The molecule has 0 aromatic carbocycles. The summed E-state index contributed by atoms with van der Waals surface area (Å²) in [7, 11) is 0. The van der Waals surface area contributed by atoms with Gasteiger partial charge in [-0.2, -0.15) is 0 Å². The summed E-state index contributed by atoms with van der Waals surface area (Å²) in [4.78, 5) is 19.3. The van der Waals surface area contributed by atoms with Crippen LogP contribution in [-0.2, 0) is 22.5 Å². The number of ether oxygens (including phenoxy) is 1. The molecule has 19 heavy (non-hydrogen) atoms. The largest absolute Gasteiger partial charge is 0.386 e. The third-order valence-electron chi connectivity index (χ3n) is 3.72. The van der Waals surface area contributed by atoms with E-state index in [0.717, 1.165) is 11.4 Å². The van der Waals surface area contributed by atoms with Crippen molar-refractivity contribution < 1.29 is 14.6 Å². The number of rotatable bonds is 3. The summed E-state index contributed by atoms with van der Waals surface area (Å²) in [6, 6.07) is -0.290. The molecule has 2 aliphatic rings. The van der Waals surface area contributed by atoms with E-state index >= 15 is 0 Å². The first kappa shape index (κ1) is 12.6. The number of nitrogens with zero attached hydrogens (tertiary/aromatic N) is 1. The van der Waals surface area contributed by atoms with Crippen LogP contribution >= 0.6 is 0 Å². The smallest absolute Gasteiger partial charge is 0.237 e. The molecule has 3 heterocycles. The van der Waals surface area contributed by atoms with E-state index in [-0.39, 0.29) is 25.1 Å². The molecule has 0 radical (unpaired) electrons. The molecular weight excluding hydrogens is 248 g/mol. The predicted octanol–water partition coefficient (Wildman–Crippen LogP) is -1.31. The van der Waals surface area contributed by atoms with E-state index in [2.05, 4.69) is 20.6 Å². The van der Waals surface area contributed by atoms with Crippen molar-refractivity contribution in [3.63, 3.8) is 0 Å². The highest BCUT2D eigenvalue weighted by atomic mass is 16.5. The molecule has 1 aromatic heterocycles. The molecular formula is C12H18N4O3. The number of aliphatic hydroxyl groups is 1. The van der Waals surface area contributed by atoms with Crippen molar-refractivity contribution in [2.24, 2.45) is 0 Å². The lowest BCUT2D eigenvalue weighted by molar-refractivity contribution is -0.124. The third-order valence-corrected chi connectivity index (χ3v) is 3.72. The second-order valence-electron chi connectivity index (χ2n) is 5.21. The summed E-state index contributed by atoms with van der Waals surface area (Å²) in [6.07, 6.45) is 2.78. The van der Waals surface area contributed by atoms with Gasteiger partial charge in [0.2, 0.25) is 5.91 Å². The molecule has 1 amide bonds. The van der Waals surface area contributed by atoms with Crippen LogP contribution in [0.25, 0.3) is 0 Å². The van der Waals surface area contributed by atoms with Crippen molar-refractivity contribution in [1.82, 2.24) is 20.6 Å². The first-order chi connectivity index (χ1) is 9.16. The number of amides is 1. The van der Waals surface area contributed by atoms with Crippen molar-refractivity contribution in [3.8, 4) is 0 Å². The molecule has 0 bridgehead atoms. The van der Waals surface area contributed by atoms with Gasteiger partial charge in [0.15, 0.2) is 0 Å². The van der Waals surface area contributed by atoms with Gasteiger partial charge in [-0.3, -0.25) is 10.1 Å². The number of hydrogen-bond donors (Lipinski definition) is 4. The lowest BCUT2D eigenvalue weighted by Crippen LogP contribution is -2.52. The molecule has 104 valence electrons. The molecule has 2 atom stereocenters. The number of hydrogen-bond acceptors (Lipinski definition) is 5. The van der Waals surface area contributed by atoms with Crippen LogP contribution in [-0.4, -0.2) is 52.4 Å². The Bertz CT molecular complexity index is 467. The number of carbonyl (C=O) groups is 1. The Hall–Kier alpha value is -1.44. The number of aromatic nitrogens is 2. The molecule has 0 spiro atoms. The van der Waals surface area contributed by atoms with E-state index < -0.39 is 5.60 Å². The minimum Gasteiger partial charge on any atom is -0.386 e. The topological polar surface area (TPSA) is 99.3 Å². The molecule has 7 heteroatoms. The van der Waals surface area contributed by atoms with Gasteiger partial charge in [0, 0.05) is 32.5 Å². The molecule has 4 N–H and O–H groups in total. The maximum absolute atomic E-state index is 12.1. The van der Waals surface area contributed by atoms with Crippen molar-refractivity contribution in [3.05, 3.63) is 17.7 Å². The average molecular weight is 266 g/mol. The van der Waals surface area contributed by atoms with E-state index in [4.69, 9.17) is 4.74 Å². The molecule has 1 fully saturated rings. The Kier molecular flexibility index (Phi) is 3.26. The molecule has 0 aliphatic carbocycles. The monoisotopic (exact) mass is 266 g/mol. The molecule has 3 rings (SSSR count). The molecule has 7 nitrogen and oxygen atoms in total. The van der Waals surface area contributed by atoms with Crippen LogP contribution in [0.3, 0.4) is 0 Å². The van der Waals surface area contributed by atoms with Crippen molar-refractivity contribution >= 4 is 5.91 Å².